The Morgan fingerprint density at radius 1 is 0.800 bits per heavy atom. The summed E-state index contributed by atoms with van der Waals surface area (Å²) in [6, 6.07) is 16.9. The van der Waals surface area contributed by atoms with Crippen molar-refractivity contribution in [3.63, 3.8) is 0 Å². The van der Waals surface area contributed by atoms with Gasteiger partial charge in [0.05, 0.1) is 5.56 Å². The summed E-state index contributed by atoms with van der Waals surface area (Å²) in [5.41, 5.74) is 0.219. The van der Waals surface area contributed by atoms with Crippen LogP contribution in [0.1, 0.15) is 26.3 Å². The maximum Gasteiger partial charge on any atom is 0.416 e. The van der Waals surface area contributed by atoms with E-state index in [1.165, 1.54) is 43.4 Å². The molecule has 0 fully saturated rings. The van der Waals surface area contributed by atoms with Gasteiger partial charge in [-0.25, -0.2) is 0 Å². The molecule has 3 aromatic rings. The fourth-order valence-electron chi connectivity index (χ4n) is 2.66. The number of rotatable bonds is 5. The van der Waals surface area contributed by atoms with Crippen LogP contribution in [0.25, 0.3) is 0 Å². The third-order valence-corrected chi connectivity index (χ3v) is 4.10. The first-order valence-electron chi connectivity index (χ1n) is 8.85. The van der Waals surface area contributed by atoms with Crippen LogP contribution in [-0.4, -0.2) is 18.9 Å². The monoisotopic (exact) mass is 414 g/mol. The number of halogens is 3. The molecule has 2 N–H and O–H groups in total. The van der Waals surface area contributed by atoms with Crippen LogP contribution in [0.4, 0.5) is 18.9 Å². The van der Waals surface area contributed by atoms with Gasteiger partial charge in [0.2, 0.25) is 0 Å². The van der Waals surface area contributed by atoms with Crippen molar-refractivity contribution in [1.82, 2.24) is 5.32 Å². The molecular formula is C22H17F3N2O3. The normalized spacial score (nSPS) is 10.9. The molecule has 0 aromatic heterocycles. The molecule has 3 aromatic carbocycles. The molecule has 5 nitrogen and oxygen atoms in total. The summed E-state index contributed by atoms with van der Waals surface area (Å²) in [6.45, 7) is 0. The Hall–Kier alpha value is -3.81. The minimum Gasteiger partial charge on any atom is -0.457 e. The zero-order chi connectivity index (χ0) is 21.7. The summed E-state index contributed by atoms with van der Waals surface area (Å²) in [5.74, 6) is -0.539. The lowest BCUT2D eigenvalue weighted by molar-refractivity contribution is -0.137. The molecule has 2 amide bonds. The molecule has 0 bridgehead atoms. The number of carbonyl (C=O) groups excluding carboxylic acids is 2. The number of anilines is 1. The molecule has 0 saturated heterocycles. The van der Waals surface area contributed by atoms with Crippen molar-refractivity contribution in [1.29, 1.82) is 0 Å². The summed E-state index contributed by atoms with van der Waals surface area (Å²) in [6.07, 6.45) is -4.48. The molecule has 0 aliphatic rings. The van der Waals surface area contributed by atoms with Crippen LogP contribution >= 0.6 is 0 Å². The minimum atomic E-state index is -4.48. The first-order valence-corrected chi connectivity index (χ1v) is 8.85. The average molecular weight is 414 g/mol. The van der Waals surface area contributed by atoms with Crippen LogP contribution < -0.4 is 15.4 Å². The number of nitrogens with one attached hydrogen (secondary N) is 2. The number of benzene rings is 3. The quantitative estimate of drug-likeness (QED) is 0.610. The smallest absolute Gasteiger partial charge is 0.416 e. The van der Waals surface area contributed by atoms with Gasteiger partial charge in [-0.05, 0) is 54.6 Å². The fourth-order valence-corrected chi connectivity index (χ4v) is 2.66. The Balaban J connectivity index is 1.76. The summed E-state index contributed by atoms with van der Waals surface area (Å²) < 4.78 is 44.0. The third-order valence-electron chi connectivity index (χ3n) is 4.10. The van der Waals surface area contributed by atoms with Crippen LogP contribution in [-0.2, 0) is 6.18 Å². The van der Waals surface area contributed by atoms with Crippen LogP contribution in [0.5, 0.6) is 11.5 Å². The summed E-state index contributed by atoms with van der Waals surface area (Å²) in [7, 11) is 1.50. The standard InChI is InChI=1S/C22H17F3N2O3/c1-26-20(28)14-5-2-8-17(11-14)27-21(29)15-6-3-9-18(12-15)30-19-10-4-7-16(13-19)22(23,24)25/h2-13H,1H3,(H,26,28)(H,27,29). The summed E-state index contributed by atoms with van der Waals surface area (Å²) in [5, 5.41) is 5.17. The SMILES string of the molecule is CNC(=O)c1cccc(NC(=O)c2cccc(Oc3cccc(C(F)(F)F)c3)c2)c1. The molecule has 0 radical (unpaired) electrons. The average Bonchev–Trinajstić information content (AvgIpc) is 2.73. The Kier molecular flexibility index (Phi) is 6.06. The van der Waals surface area contributed by atoms with E-state index in [9.17, 15) is 22.8 Å². The predicted molar refractivity (Wildman–Crippen MR) is 106 cm³/mol. The van der Waals surface area contributed by atoms with Gasteiger partial charge >= 0.3 is 6.18 Å². The number of alkyl halides is 3. The molecule has 8 heteroatoms. The van der Waals surface area contributed by atoms with Gasteiger partial charge in [0.25, 0.3) is 11.8 Å². The molecule has 30 heavy (non-hydrogen) atoms. The van der Waals surface area contributed by atoms with E-state index < -0.39 is 17.6 Å². The lowest BCUT2D eigenvalue weighted by Crippen LogP contribution is -2.18. The molecule has 3 rings (SSSR count). The molecule has 154 valence electrons. The molecule has 0 aliphatic carbocycles. The molecule has 0 unspecified atom stereocenters. The molecular weight excluding hydrogens is 397 g/mol. The highest BCUT2D eigenvalue weighted by molar-refractivity contribution is 6.05. The first kappa shape index (κ1) is 20.9. The van der Waals surface area contributed by atoms with Gasteiger partial charge in [-0.2, -0.15) is 13.2 Å². The lowest BCUT2D eigenvalue weighted by atomic mass is 10.1. The number of ether oxygens (including phenoxy) is 1. The number of hydrogen-bond acceptors (Lipinski definition) is 3. The van der Waals surface area contributed by atoms with Gasteiger partial charge in [-0.15, -0.1) is 0 Å². The number of carbonyl (C=O) groups is 2. The Morgan fingerprint density at radius 2 is 1.40 bits per heavy atom. The van der Waals surface area contributed by atoms with Crippen LogP contribution in [0.2, 0.25) is 0 Å². The van der Waals surface area contributed by atoms with E-state index in [-0.39, 0.29) is 23.0 Å². The lowest BCUT2D eigenvalue weighted by Gasteiger charge is -2.11. The van der Waals surface area contributed by atoms with E-state index >= 15 is 0 Å². The highest BCUT2D eigenvalue weighted by Crippen LogP contribution is 2.32. The predicted octanol–water partition coefficient (Wildman–Crippen LogP) is 5.11. The first-order chi connectivity index (χ1) is 14.3. The second-order valence-corrected chi connectivity index (χ2v) is 6.27. The van der Waals surface area contributed by atoms with E-state index in [0.29, 0.717) is 11.3 Å². The Bertz CT molecular complexity index is 1080. The highest BCUT2D eigenvalue weighted by atomic mass is 19.4. The van der Waals surface area contributed by atoms with Crippen LogP contribution in [0.15, 0.2) is 72.8 Å². The minimum absolute atomic E-state index is 0.000613. The maximum atomic E-state index is 12.9. The summed E-state index contributed by atoms with van der Waals surface area (Å²) >= 11 is 0. The van der Waals surface area contributed by atoms with Crippen molar-refractivity contribution >= 4 is 17.5 Å². The van der Waals surface area contributed by atoms with Crippen molar-refractivity contribution in [2.45, 2.75) is 6.18 Å². The van der Waals surface area contributed by atoms with Gasteiger partial charge in [0.1, 0.15) is 11.5 Å². The second kappa shape index (κ2) is 8.69. The van der Waals surface area contributed by atoms with Gasteiger partial charge in [0, 0.05) is 23.9 Å². The van der Waals surface area contributed by atoms with E-state index in [2.05, 4.69) is 10.6 Å². The zero-order valence-electron chi connectivity index (χ0n) is 15.8. The number of amides is 2. The van der Waals surface area contributed by atoms with Crippen LogP contribution in [0, 0.1) is 0 Å². The van der Waals surface area contributed by atoms with Crippen molar-refractivity contribution < 1.29 is 27.5 Å². The second-order valence-electron chi connectivity index (χ2n) is 6.27. The van der Waals surface area contributed by atoms with E-state index in [1.807, 2.05) is 0 Å². The van der Waals surface area contributed by atoms with Crippen LogP contribution in [0.3, 0.4) is 0 Å². The van der Waals surface area contributed by atoms with E-state index in [1.54, 1.807) is 24.3 Å². The third kappa shape index (κ3) is 5.16. The van der Waals surface area contributed by atoms with Gasteiger partial charge in [-0.1, -0.05) is 18.2 Å². The number of hydrogen-bond donors (Lipinski definition) is 2. The molecule has 0 aliphatic heterocycles. The van der Waals surface area contributed by atoms with E-state index in [4.69, 9.17) is 4.74 Å². The molecule has 0 saturated carbocycles. The molecule has 0 heterocycles. The molecule has 0 spiro atoms. The topological polar surface area (TPSA) is 67.4 Å². The van der Waals surface area contributed by atoms with Crippen molar-refractivity contribution in [2.24, 2.45) is 0 Å². The zero-order valence-corrected chi connectivity index (χ0v) is 15.8. The summed E-state index contributed by atoms with van der Waals surface area (Å²) in [4.78, 5) is 24.3. The Labute approximate surface area is 170 Å². The van der Waals surface area contributed by atoms with Gasteiger partial charge < -0.3 is 15.4 Å². The van der Waals surface area contributed by atoms with Crippen molar-refractivity contribution in [3.8, 4) is 11.5 Å². The fraction of sp³-hybridized carbons (Fsp3) is 0.0909. The van der Waals surface area contributed by atoms with Gasteiger partial charge in [-0.3, -0.25) is 9.59 Å². The highest BCUT2D eigenvalue weighted by Gasteiger charge is 2.30. The molecule has 0 atom stereocenters. The largest absolute Gasteiger partial charge is 0.457 e. The van der Waals surface area contributed by atoms with E-state index in [0.717, 1.165) is 12.1 Å². The Morgan fingerprint density at radius 3 is 2.07 bits per heavy atom. The maximum absolute atomic E-state index is 12.9. The van der Waals surface area contributed by atoms with Gasteiger partial charge in [0.15, 0.2) is 0 Å². The van der Waals surface area contributed by atoms with Crippen molar-refractivity contribution in [2.75, 3.05) is 12.4 Å². The van der Waals surface area contributed by atoms with Crippen molar-refractivity contribution in [3.05, 3.63) is 89.5 Å².